The van der Waals surface area contributed by atoms with Crippen molar-refractivity contribution in [2.75, 3.05) is 39.4 Å². The molecule has 0 amide bonds. The number of hydrogen-bond acceptors (Lipinski definition) is 6. The summed E-state index contributed by atoms with van der Waals surface area (Å²) in [6, 6.07) is 14.8. The van der Waals surface area contributed by atoms with Crippen molar-refractivity contribution in [3.8, 4) is 11.5 Å². The highest BCUT2D eigenvalue weighted by Gasteiger charge is 2.25. The van der Waals surface area contributed by atoms with Gasteiger partial charge in [-0.1, -0.05) is 27.7 Å². The molecule has 36 heavy (non-hydrogen) atoms. The Morgan fingerprint density at radius 3 is 1.31 bits per heavy atom. The van der Waals surface area contributed by atoms with Gasteiger partial charge in [0.25, 0.3) is 0 Å². The van der Waals surface area contributed by atoms with E-state index in [2.05, 4.69) is 24.5 Å². The summed E-state index contributed by atoms with van der Waals surface area (Å²) in [5.41, 5.74) is 1.36. The Balaban J connectivity index is 2.10. The first kappa shape index (κ1) is 29.5. The first-order chi connectivity index (χ1) is 17.5. The van der Waals surface area contributed by atoms with E-state index in [-0.39, 0.29) is 23.4 Å². The number of benzene rings is 2. The van der Waals surface area contributed by atoms with Crippen molar-refractivity contribution in [1.29, 1.82) is 0 Å². The van der Waals surface area contributed by atoms with Crippen molar-refractivity contribution in [1.82, 2.24) is 10.6 Å². The normalized spacial score (nSPS) is 12.7. The predicted octanol–water partition coefficient (Wildman–Crippen LogP) is 5.56. The van der Waals surface area contributed by atoms with Crippen LogP contribution in [0.15, 0.2) is 48.5 Å². The van der Waals surface area contributed by atoms with Gasteiger partial charge < -0.3 is 20.1 Å². The van der Waals surface area contributed by atoms with Gasteiger partial charge in [0.1, 0.15) is 11.5 Å². The maximum atomic E-state index is 13.4. The third kappa shape index (κ3) is 9.75. The lowest BCUT2D eigenvalue weighted by Gasteiger charge is -2.21. The van der Waals surface area contributed by atoms with Crippen LogP contribution in [0.4, 0.5) is 0 Å². The van der Waals surface area contributed by atoms with Crippen LogP contribution in [0.2, 0.25) is 0 Å². The number of carbonyl (C=O) groups excluding carboxylic acids is 2. The van der Waals surface area contributed by atoms with Crippen molar-refractivity contribution in [3.05, 3.63) is 59.7 Å². The Morgan fingerprint density at radius 1 is 0.639 bits per heavy atom. The molecule has 0 unspecified atom stereocenters. The highest BCUT2D eigenvalue weighted by Crippen LogP contribution is 2.23. The number of rotatable bonds is 19. The Labute approximate surface area is 217 Å². The van der Waals surface area contributed by atoms with Gasteiger partial charge >= 0.3 is 0 Å². The molecule has 6 heteroatoms. The van der Waals surface area contributed by atoms with E-state index in [1.165, 1.54) is 0 Å². The molecule has 0 fully saturated rings. The van der Waals surface area contributed by atoms with Gasteiger partial charge in [-0.25, -0.2) is 0 Å². The van der Waals surface area contributed by atoms with Crippen molar-refractivity contribution >= 4 is 11.6 Å². The number of carbonyl (C=O) groups is 2. The molecule has 2 rings (SSSR count). The second kappa shape index (κ2) is 16.9. The largest absolute Gasteiger partial charge is 0.494 e. The molecule has 0 saturated heterocycles. The molecule has 0 aliphatic rings. The van der Waals surface area contributed by atoms with Crippen molar-refractivity contribution in [3.63, 3.8) is 0 Å². The molecule has 0 aromatic heterocycles. The Bertz CT molecular complexity index is 821. The fourth-order valence-electron chi connectivity index (χ4n) is 4.03. The molecule has 198 valence electrons. The van der Waals surface area contributed by atoms with Crippen LogP contribution in [0.3, 0.4) is 0 Å². The highest BCUT2D eigenvalue weighted by atomic mass is 16.5. The monoisotopic (exact) mass is 496 g/mol. The Morgan fingerprint density at radius 2 is 1.00 bits per heavy atom. The summed E-state index contributed by atoms with van der Waals surface area (Å²) in [6.45, 7) is 12.3. The smallest absolute Gasteiger partial charge is 0.167 e. The molecule has 0 saturated carbocycles. The SMILES string of the molecule is CCCOc1ccc(C(=O)[C@H](CC[C@H](CNCC)C(=O)c2ccc(OCCC)cc2)CNCC)cc1. The number of Topliss-reactive ketones (excluding diaryl/α,β-unsaturated/α-hetero) is 2. The fourth-order valence-corrected chi connectivity index (χ4v) is 4.03. The van der Waals surface area contributed by atoms with E-state index < -0.39 is 0 Å². The van der Waals surface area contributed by atoms with Gasteiger partial charge in [-0.3, -0.25) is 9.59 Å². The summed E-state index contributed by atoms with van der Waals surface area (Å²) >= 11 is 0. The molecule has 0 radical (unpaired) electrons. The van der Waals surface area contributed by atoms with Crippen LogP contribution < -0.4 is 20.1 Å². The van der Waals surface area contributed by atoms with E-state index in [1.54, 1.807) is 0 Å². The average molecular weight is 497 g/mol. The summed E-state index contributed by atoms with van der Waals surface area (Å²) in [4.78, 5) is 26.7. The molecule has 0 spiro atoms. The van der Waals surface area contributed by atoms with Crippen LogP contribution in [0.1, 0.15) is 74.1 Å². The first-order valence-corrected chi connectivity index (χ1v) is 13.5. The minimum atomic E-state index is -0.200. The minimum absolute atomic E-state index is 0.102. The zero-order chi connectivity index (χ0) is 26.2. The molecular weight excluding hydrogens is 452 g/mol. The van der Waals surface area contributed by atoms with Crippen LogP contribution in [0, 0.1) is 11.8 Å². The highest BCUT2D eigenvalue weighted by molar-refractivity contribution is 5.99. The number of ether oxygens (including phenoxy) is 2. The van der Waals surface area contributed by atoms with Crippen molar-refractivity contribution < 1.29 is 19.1 Å². The summed E-state index contributed by atoms with van der Waals surface area (Å²) in [5, 5.41) is 6.66. The van der Waals surface area contributed by atoms with Crippen LogP contribution in [-0.4, -0.2) is 51.0 Å². The lowest BCUT2D eigenvalue weighted by atomic mass is 9.86. The zero-order valence-corrected chi connectivity index (χ0v) is 22.5. The molecule has 2 N–H and O–H groups in total. The van der Waals surface area contributed by atoms with Crippen LogP contribution >= 0.6 is 0 Å². The van der Waals surface area contributed by atoms with Crippen molar-refractivity contribution in [2.24, 2.45) is 11.8 Å². The van der Waals surface area contributed by atoms with Gasteiger partial charge in [0.2, 0.25) is 0 Å². The second-order valence-electron chi connectivity index (χ2n) is 9.06. The van der Waals surface area contributed by atoms with Gasteiger partial charge in [-0.05, 0) is 87.3 Å². The molecule has 0 aliphatic heterocycles. The topological polar surface area (TPSA) is 76.7 Å². The molecule has 2 aromatic rings. The molecule has 0 heterocycles. The standard InChI is InChI=1S/C30H44N2O4/c1-5-19-35-27-15-11-23(12-16-27)29(33)25(21-31-7-3)9-10-26(22-32-8-4)30(34)24-13-17-28(18-14-24)36-20-6-2/h11-18,25-26,31-32H,5-10,19-22H2,1-4H3/t25-,26-/m1/s1. The van der Waals surface area contributed by atoms with E-state index in [1.807, 2.05) is 62.4 Å². The van der Waals surface area contributed by atoms with Crippen LogP contribution in [0.5, 0.6) is 11.5 Å². The number of hydrogen-bond donors (Lipinski definition) is 2. The van der Waals surface area contributed by atoms with Crippen LogP contribution in [-0.2, 0) is 0 Å². The molecule has 0 bridgehead atoms. The molecule has 0 aliphatic carbocycles. The molecular formula is C30H44N2O4. The quantitative estimate of drug-likeness (QED) is 0.248. The molecule has 2 atom stereocenters. The second-order valence-corrected chi connectivity index (χ2v) is 9.06. The molecule has 2 aromatic carbocycles. The predicted molar refractivity (Wildman–Crippen MR) is 146 cm³/mol. The van der Waals surface area contributed by atoms with E-state index in [0.29, 0.717) is 50.3 Å². The zero-order valence-electron chi connectivity index (χ0n) is 22.5. The van der Waals surface area contributed by atoms with E-state index in [9.17, 15) is 9.59 Å². The van der Waals surface area contributed by atoms with Gasteiger partial charge in [0.05, 0.1) is 13.2 Å². The molecule has 6 nitrogen and oxygen atoms in total. The summed E-state index contributed by atoms with van der Waals surface area (Å²) in [7, 11) is 0. The lowest BCUT2D eigenvalue weighted by Crippen LogP contribution is -2.32. The minimum Gasteiger partial charge on any atom is -0.494 e. The third-order valence-electron chi connectivity index (χ3n) is 6.11. The average Bonchev–Trinajstić information content (AvgIpc) is 2.92. The van der Waals surface area contributed by atoms with E-state index in [0.717, 1.165) is 37.4 Å². The summed E-state index contributed by atoms with van der Waals surface area (Å²) in [6.07, 6.45) is 3.16. The van der Waals surface area contributed by atoms with E-state index >= 15 is 0 Å². The van der Waals surface area contributed by atoms with Gasteiger partial charge in [-0.15, -0.1) is 0 Å². The lowest BCUT2D eigenvalue weighted by molar-refractivity contribution is 0.0865. The van der Waals surface area contributed by atoms with E-state index in [4.69, 9.17) is 9.47 Å². The van der Waals surface area contributed by atoms with Gasteiger partial charge in [0.15, 0.2) is 11.6 Å². The Kier molecular flexibility index (Phi) is 13.8. The Hall–Kier alpha value is -2.70. The first-order valence-electron chi connectivity index (χ1n) is 13.5. The summed E-state index contributed by atoms with van der Waals surface area (Å²) in [5.74, 6) is 1.36. The number of ketones is 2. The summed E-state index contributed by atoms with van der Waals surface area (Å²) < 4.78 is 11.3. The fraction of sp³-hybridized carbons (Fsp3) is 0.533. The third-order valence-corrected chi connectivity index (χ3v) is 6.11. The number of nitrogens with one attached hydrogen (secondary N) is 2. The van der Waals surface area contributed by atoms with Gasteiger partial charge in [-0.2, -0.15) is 0 Å². The van der Waals surface area contributed by atoms with Crippen LogP contribution in [0.25, 0.3) is 0 Å². The van der Waals surface area contributed by atoms with Crippen molar-refractivity contribution in [2.45, 2.75) is 53.4 Å². The maximum absolute atomic E-state index is 13.4. The van der Waals surface area contributed by atoms with Gasteiger partial charge in [0, 0.05) is 36.1 Å². The maximum Gasteiger partial charge on any atom is 0.167 e.